The summed E-state index contributed by atoms with van der Waals surface area (Å²) >= 11 is 0. The van der Waals surface area contributed by atoms with E-state index in [0.29, 0.717) is 11.6 Å². The van der Waals surface area contributed by atoms with Gasteiger partial charge in [0, 0.05) is 20.6 Å². The Hall–Kier alpha value is -1.36. The van der Waals surface area contributed by atoms with Gasteiger partial charge in [-0.05, 0) is 31.8 Å². The Bertz CT molecular complexity index is 382. The van der Waals surface area contributed by atoms with E-state index < -0.39 is 0 Å². The summed E-state index contributed by atoms with van der Waals surface area (Å²) < 4.78 is 1.76. The molecule has 1 aromatic rings. The lowest BCUT2D eigenvalue weighted by molar-refractivity contribution is 0.0755. The summed E-state index contributed by atoms with van der Waals surface area (Å²) in [4.78, 5) is 17.9. The van der Waals surface area contributed by atoms with Gasteiger partial charge in [0.2, 0.25) is 0 Å². The van der Waals surface area contributed by atoms with Gasteiger partial charge in [0.05, 0.1) is 12.5 Å². The number of aryl methyl sites for hydroxylation is 1. The van der Waals surface area contributed by atoms with E-state index in [4.69, 9.17) is 0 Å². The second-order valence-electron chi connectivity index (χ2n) is 4.79. The number of hydrogen-bond donors (Lipinski definition) is 1. The molecular formula is C12H20N4O. The number of aromatic nitrogens is 2. The predicted molar refractivity (Wildman–Crippen MR) is 65.8 cm³/mol. The molecule has 1 unspecified atom stereocenters. The van der Waals surface area contributed by atoms with Crippen molar-refractivity contribution in [2.75, 3.05) is 26.7 Å². The Morgan fingerprint density at radius 1 is 1.71 bits per heavy atom. The Balaban J connectivity index is 1.93. The first-order valence-electron chi connectivity index (χ1n) is 6.11. The first-order chi connectivity index (χ1) is 8.18. The van der Waals surface area contributed by atoms with Crippen LogP contribution in [0.1, 0.15) is 23.3 Å². The maximum Gasteiger partial charge on any atom is 0.271 e. The van der Waals surface area contributed by atoms with Crippen molar-refractivity contribution in [1.29, 1.82) is 0 Å². The lowest BCUT2D eigenvalue weighted by Crippen LogP contribution is -2.39. The highest BCUT2D eigenvalue weighted by Crippen LogP contribution is 2.12. The molecule has 0 aliphatic carbocycles. The summed E-state index contributed by atoms with van der Waals surface area (Å²) in [5.41, 5.74) is 0.649. The molecule has 0 spiro atoms. The molecule has 5 heteroatoms. The molecule has 0 bridgehead atoms. The largest absolute Gasteiger partial charge is 0.340 e. The number of hydrogen-bond acceptors (Lipinski definition) is 3. The molecule has 0 aromatic carbocycles. The minimum Gasteiger partial charge on any atom is -0.340 e. The Morgan fingerprint density at radius 2 is 2.53 bits per heavy atom. The highest BCUT2D eigenvalue weighted by Gasteiger charge is 2.20. The van der Waals surface area contributed by atoms with Crippen LogP contribution in [0.3, 0.4) is 0 Å². The van der Waals surface area contributed by atoms with Crippen LogP contribution in [0.4, 0.5) is 0 Å². The number of carbonyl (C=O) groups is 1. The van der Waals surface area contributed by atoms with Gasteiger partial charge in [0.1, 0.15) is 5.69 Å². The molecule has 5 nitrogen and oxygen atoms in total. The number of carbonyl (C=O) groups excluding carboxylic acids is 1. The molecule has 1 amide bonds. The van der Waals surface area contributed by atoms with Gasteiger partial charge in [-0.25, -0.2) is 4.98 Å². The van der Waals surface area contributed by atoms with Gasteiger partial charge in [0.25, 0.3) is 5.91 Å². The Kier molecular flexibility index (Phi) is 3.78. The molecule has 1 saturated heterocycles. The quantitative estimate of drug-likeness (QED) is 0.831. The van der Waals surface area contributed by atoms with E-state index in [1.165, 1.54) is 12.8 Å². The van der Waals surface area contributed by atoms with Crippen molar-refractivity contribution in [3.05, 3.63) is 18.2 Å². The van der Waals surface area contributed by atoms with Gasteiger partial charge in [-0.1, -0.05) is 0 Å². The van der Waals surface area contributed by atoms with E-state index in [0.717, 1.165) is 19.6 Å². The second-order valence-corrected chi connectivity index (χ2v) is 4.79. The highest BCUT2D eigenvalue weighted by atomic mass is 16.2. The fraction of sp³-hybridized carbons (Fsp3) is 0.667. The van der Waals surface area contributed by atoms with Crippen LogP contribution in [0.25, 0.3) is 0 Å². The van der Waals surface area contributed by atoms with Crippen molar-refractivity contribution in [2.45, 2.75) is 12.8 Å². The minimum atomic E-state index is 0.0515. The number of imidazole rings is 1. The van der Waals surface area contributed by atoms with Crippen LogP contribution in [0.15, 0.2) is 12.5 Å². The third kappa shape index (κ3) is 2.85. The summed E-state index contributed by atoms with van der Waals surface area (Å²) in [5.74, 6) is 0.626. The van der Waals surface area contributed by atoms with Crippen molar-refractivity contribution in [3.63, 3.8) is 0 Å². The molecule has 1 aliphatic heterocycles. The van der Waals surface area contributed by atoms with Gasteiger partial charge < -0.3 is 14.8 Å². The van der Waals surface area contributed by atoms with Crippen LogP contribution in [-0.2, 0) is 7.05 Å². The Labute approximate surface area is 102 Å². The molecule has 2 rings (SSSR count). The first kappa shape index (κ1) is 12.1. The average Bonchev–Trinajstić information content (AvgIpc) is 2.76. The zero-order valence-electron chi connectivity index (χ0n) is 10.5. The van der Waals surface area contributed by atoms with Gasteiger partial charge in [-0.3, -0.25) is 4.79 Å². The fourth-order valence-electron chi connectivity index (χ4n) is 2.31. The van der Waals surface area contributed by atoms with E-state index in [-0.39, 0.29) is 5.91 Å². The predicted octanol–water partition coefficient (Wildman–Crippen LogP) is 0.492. The lowest BCUT2D eigenvalue weighted by atomic mass is 9.99. The van der Waals surface area contributed by atoms with Crippen LogP contribution >= 0.6 is 0 Å². The molecule has 1 atom stereocenters. The smallest absolute Gasteiger partial charge is 0.271 e. The van der Waals surface area contributed by atoms with Crippen LogP contribution in [-0.4, -0.2) is 47.0 Å². The number of nitrogens with zero attached hydrogens (tertiary/aromatic N) is 3. The molecule has 94 valence electrons. The van der Waals surface area contributed by atoms with Gasteiger partial charge >= 0.3 is 0 Å². The number of amides is 1. The Morgan fingerprint density at radius 3 is 3.12 bits per heavy atom. The van der Waals surface area contributed by atoms with Crippen molar-refractivity contribution in [3.8, 4) is 0 Å². The minimum absolute atomic E-state index is 0.0515. The van der Waals surface area contributed by atoms with E-state index in [2.05, 4.69) is 10.3 Å². The van der Waals surface area contributed by atoms with E-state index in [9.17, 15) is 4.79 Å². The molecule has 0 saturated carbocycles. The van der Waals surface area contributed by atoms with Gasteiger partial charge in [-0.2, -0.15) is 0 Å². The lowest BCUT2D eigenvalue weighted by Gasteiger charge is -2.27. The molecule has 1 fully saturated rings. The average molecular weight is 236 g/mol. The van der Waals surface area contributed by atoms with Crippen molar-refractivity contribution in [1.82, 2.24) is 19.8 Å². The normalized spacial score (nSPS) is 20.2. The maximum absolute atomic E-state index is 12.1. The monoisotopic (exact) mass is 236 g/mol. The van der Waals surface area contributed by atoms with E-state index in [1.54, 1.807) is 22.0 Å². The molecular weight excluding hydrogens is 216 g/mol. The van der Waals surface area contributed by atoms with E-state index >= 15 is 0 Å². The number of piperidine rings is 1. The van der Waals surface area contributed by atoms with E-state index in [1.807, 2.05) is 14.1 Å². The first-order valence-corrected chi connectivity index (χ1v) is 6.11. The summed E-state index contributed by atoms with van der Waals surface area (Å²) in [5, 5.41) is 3.37. The summed E-state index contributed by atoms with van der Waals surface area (Å²) in [6.07, 6.45) is 5.69. The summed E-state index contributed by atoms with van der Waals surface area (Å²) in [6.45, 7) is 2.94. The zero-order chi connectivity index (χ0) is 12.3. The van der Waals surface area contributed by atoms with Crippen LogP contribution < -0.4 is 5.32 Å². The molecule has 1 aromatic heterocycles. The molecule has 17 heavy (non-hydrogen) atoms. The molecule has 1 aliphatic rings. The van der Waals surface area contributed by atoms with Crippen molar-refractivity contribution in [2.24, 2.45) is 13.0 Å². The zero-order valence-corrected chi connectivity index (χ0v) is 10.5. The van der Waals surface area contributed by atoms with Gasteiger partial charge in [-0.15, -0.1) is 0 Å². The highest BCUT2D eigenvalue weighted by molar-refractivity contribution is 5.92. The molecule has 2 heterocycles. The summed E-state index contributed by atoms with van der Waals surface area (Å²) in [7, 11) is 3.71. The topological polar surface area (TPSA) is 50.2 Å². The summed E-state index contributed by atoms with van der Waals surface area (Å²) in [6, 6.07) is 0. The molecule has 1 N–H and O–H groups in total. The van der Waals surface area contributed by atoms with Crippen LogP contribution in [0.5, 0.6) is 0 Å². The number of rotatable bonds is 3. The SMILES string of the molecule is CN(CC1CCCNC1)C(=O)c1cncn1C. The van der Waals surface area contributed by atoms with Crippen LogP contribution in [0.2, 0.25) is 0 Å². The fourth-order valence-corrected chi connectivity index (χ4v) is 2.31. The van der Waals surface area contributed by atoms with Crippen LogP contribution in [0, 0.1) is 5.92 Å². The third-order valence-corrected chi connectivity index (χ3v) is 3.31. The number of nitrogens with one attached hydrogen (secondary N) is 1. The van der Waals surface area contributed by atoms with Crippen molar-refractivity contribution >= 4 is 5.91 Å². The standard InChI is InChI=1S/C12H20N4O/c1-15(8-10-4-3-5-13-6-10)12(17)11-7-14-9-16(11)2/h7,9-10,13H,3-6,8H2,1-2H3. The third-order valence-electron chi connectivity index (χ3n) is 3.31. The second kappa shape index (κ2) is 5.31. The van der Waals surface area contributed by atoms with Gasteiger partial charge in [0.15, 0.2) is 0 Å². The van der Waals surface area contributed by atoms with Crippen molar-refractivity contribution < 1.29 is 4.79 Å². The molecule has 0 radical (unpaired) electrons. The maximum atomic E-state index is 12.1.